The number of halogens is 1. The van der Waals surface area contributed by atoms with E-state index in [9.17, 15) is 0 Å². The lowest BCUT2D eigenvalue weighted by Gasteiger charge is -2.16. The minimum absolute atomic E-state index is 0.647. The molecule has 1 atom stereocenters. The van der Waals surface area contributed by atoms with E-state index in [4.69, 9.17) is 11.6 Å². The van der Waals surface area contributed by atoms with Crippen molar-refractivity contribution in [2.75, 3.05) is 13.1 Å². The Kier molecular flexibility index (Phi) is 3.23. The van der Waals surface area contributed by atoms with Crippen LogP contribution >= 0.6 is 11.6 Å². The van der Waals surface area contributed by atoms with Gasteiger partial charge in [-0.1, -0.05) is 36.7 Å². The van der Waals surface area contributed by atoms with Crippen molar-refractivity contribution in [3.63, 3.8) is 0 Å². The van der Waals surface area contributed by atoms with Crippen molar-refractivity contribution < 1.29 is 0 Å². The predicted molar refractivity (Wildman–Crippen MR) is 75.8 cm³/mol. The van der Waals surface area contributed by atoms with Crippen LogP contribution in [0.2, 0.25) is 5.15 Å². The van der Waals surface area contributed by atoms with Gasteiger partial charge in [0.25, 0.3) is 0 Å². The van der Waals surface area contributed by atoms with Crippen LogP contribution in [-0.2, 0) is 6.54 Å². The molecule has 94 valence electrons. The van der Waals surface area contributed by atoms with Crippen molar-refractivity contribution in [3.8, 4) is 0 Å². The van der Waals surface area contributed by atoms with E-state index >= 15 is 0 Å². The smallest absolute Gasteiger partial charge is 0.134 e. The van der Waals surface area contributed by atoms with Crippen molar-refractivity contribution in [2.45, 2.75) is 19.9 Å². The van der Waals surface area contributed by atoms with Crippen LogP contribution in [0.4, 0.5) is 0 Å². The second-order valence-electron chi connectivity index (χ2n) is 5.26. The van der Waals surface area contributed by atoms with Gasteiger partial charge in [-0.05, 0) is 31.0 Å². The number of fused-ring (bicyclic) bond motifs is 1. The maximum absolute atomic E-state index is 6.28. The van der Waals surface area contributed by atoms with Gasteiger partial charge in [0, 0.05) is 24.0 Å². The molecular weight excluding hydrogens is 244 g/mol. The molecule has 1 aliphatic heterocycles. The van der Waals surface area contributed by atoms with E-state index in [1.165, 1.54) is 24.9 Å². The first-order valence-corrected chi connectivity index (χ1v) is 6.86. The van der Waals surface area contributed by atoms with Crippen LogP contribution in [-0.4, -0.2) is 23.0 Å². The molecule has 2 heterocycles. The molecular formula is C15H17ClN2. The Morgan fingerprint density at radius 1 is 1.39 bits per heavy atom. The Bertz CT molecular complexity index is 567. The normalized spacial score (nSPS) is 20.7. The van der Waals surface area contributed by atoms with Crippen molar-refractivity contribution in [2.24, 2.45) is 5.92 Å². The molecule has 1 aromatic carbocycles. The van der Waals surface area contributed by atoms with Crippen molar-refractivity contribution in [1.29, 1.82) is 0 Å². The van der Waals surface area contributed by atoms with Crippen molar-refractivity contribution in [1.82, 2.24) is 9.88 Å². The zero-order chi connectivity index (χ0) is 12.5. The zero-order valence-corrected chi connectivity index (χ0v) is 11.3. The molecule has 0 amide bonds. The molecule has 1 saturated heterocycles. The lowest BCUT2D eigenvalue weighted by Crippen LogP contribution is -2.20. The van der Waals surface area contributed by atoms with E-state index in [2.05, 4.69) is 28.9 Å². The first-order chi connectivity index (χ1) is 8.72. The highest BCUT2D eigenvalue weighted by atomic mass is 35.5. The highest BCUT2D eigenvalue weighted by Crippen LogP contribution is 2.24. The van der Waals surface area contributed by atoms with Gasteiger partial charge < -0.3 is 0 Å². The topological polar surface area (TPSA) is 16.1 Å². The van der Waals surface area contributed by atoms with E-state index in [0.717, 1.165) is 23.5 Å². The third-order valence-corrected chi connectivity index (χ3v) is 3.98. The van der Waals surface area contributed by atoms with Gasteiger partial charge in [0.1, 0.15) is 5.15 Å². The molecule has 0 saturated carbocycles. The monoisotopic (exact) mass is 260 g/mol. The number of hydrogen-bond acceptors (Lipinski definition) is 2. The zero-order valence-electron chi connectivity index (χ0n) is 10.6. The third kappa shape index (κ3) is 2.36. The van der Waals surface area contributed by atoms with Crippen LogP contribution < -0.4 is 0 Å². The average molecular weight is 261 g/mol. The Hall–Kier alpha value is -1.12. The molecule has 1 aliphatic rings. The number of hydrogen-bond donors (Lipinski definition) is 0. The van der Waals surface area contributed by atoms with Crippen molar-refractivity contribution in [3.05, 3.63) is 41.0 Å². The van der Waals surface area contributed by atoms with E-state index < -0.39 is 0 Å². The molecule has 0 aliphatic carbocycles. The molecule has 1 fully saturated rings. The first kappa shape index (κ1) is 11.9. The summed E-state index contributed by atoms with van der Waals surface area (Å²) in [5.41, 5.74) is 2.12. The summed E-state index contributed by atoms with van der Waals surface area (Å²) in [4.78, 5) is 6.94. The molecule has 0 N–H and O–H groups in total. The maximum atomic E-state index is 6.28. The minimum Gasteiger partial charge on any atom is -0.299 e. The standard InChI is InChI=1S/C15H17ClN2/c1-11-6-7-18(9-11)10-13-8-12-4-2-3-5-14(12)17-15(13)16/h2-5,8,11H,6-7,9-10H2,1H3. The number of rotatable bonds is 2. The van der Waals surface area contributed by atoms with Gasteiger partial charge in [-0.3, -0.25) is 4.90 Å². The highest BCUT2D eigenvalue weighted by Gasteiger charge is 2.19. The van der Waals surface area contributed by atoms with Gasteiger partial charge >= 0.3 is 0 Å². The molecule has 1 unspecified atom stereocenters. The summed E-state index contributed by atoms with van der Waals surface area (Å²) in [7, 11) is 0. The molecule has 18 heavy (non-hydrogen) atoms. The summed E-state index contributed by atoms with van der Waals surface area (Å²) >= 11 is 6.28. The van der Waals surface area contributed by atoms with E-state index in [-0.39, 0.29) is 0 Å². The molecule has 2 nitrogen and oxygen atoms in total. The van der Waals surface area contributed by atoms with Crippen LogP contribution in [0.5, 0.6) is 0 Å². The summed E-state index contributed by atoms with van der Waals surface area (Å²) < 4.78 is 0. The predicted octanol–water partition coefficient (Wildman–Crippen LogP) is 3.73. The molecule has 0 spiro atoms. The number of pyridine rings is 1. The van der Waals surface area contributed by atoms with E-state index in [1.807, 2.05) is 18.2 Å². The lowest BCUT2D eigenvalue weighted by molar-refractivity contribution is 0.320. The number of nitrogens with zero attached hydrogens (tertiary/aromatic N) is 2. The highest BCUT2D eigenvalue weighted by molar-refractivity contribution is 6.30. The van der Waals surface area contributed by atoms with Crippen molar-refractivity contribution >= 4 is 22.5 Å². The SMILES string of the molecule is CC1CCN(Cc2cc3ccccc3nc2Cl)C1. The van der Waals surface area contributed by atoms with Gasteiger partial charge in [-0.2, -0.15) is 0 Å². The Morgan fingerprint density at radius 3 is 3.00 bits per heavy atom. The van der Waals surface area contributed by atoms with Crippen LogP contribution in [0.25, 0.3) is 10.9 Å². The Morgan fingerprint density at radius 2 is 2.22 bits per heavy atom. The van der Waals surface area contributed by atoms with Crippen LogP contribution in [0.15, 0.2) is 30.3 Å². The average Bonchev–Trinajstić information content (AvgIpc) is 2.76. The fraction of sp³-hybridized carbons (Fsp3) is 0.400. The fourth-order valence-corrected chi connectivity index (χ4v) is 2.86. The summed E-state index contributed by atoms with van der Waals surface area (Å²) in [6.07, 6.45) is 1.29. The third-order valence-electron chi connectivity index (χ3n) is 3.65. The van der Waals surface area contributed by atoms with Gasteiger partial charge in [0.15, 0.2) is 0 Å². The van der Waals surface area contributed by atoms with E-state index in [1.54, 1.807) is 0 Å². The minimum atomic E-state index is 0.647. The van der Waals surface area contributed by atoms with Gasteiger partial charge in [0.05, 0.1) is 5.52 Å². The largest absolute Gasteiger partial charge is 0.299 e. The molecule has 3 rings (SSSR count). The summed E-state index contributed by atoms with van der Waals surface area (Å²) in [6, 6.07) is 10.3. The van der Waals surface area contributed by atoms with Crippen LogP contribution in [0.3, 0.4) is 0 Å². The van der Waals surface area contributed by atoms with Gasteiger partial charge in [-0.25, -0.2) is 4.98 Å². The summed E-state index contributed by atoms with van der Waals surface area (Å²) in [6.45, 7) is 5.56. The molecule has 0 bridgehead atoms. The first-order valence-electron chi connectivity index (χ1n) is 6.49. The van der Waals surface area contributed by atoms with Crippen LogP contribution in [0.1, 0.15) is 18.9 Å². The number of aromatic nitrogens is 1. The molecule has 2 aromatic rings. The fourth-order valence-electron chi connectivity index (χ4n) is 2.66. The molecule has 3 heteroatoms. The van der Waals surface area contributed by atoms with Gasteiger partial charge in [-0.15, -0.1) is 0 Å². The summed E-state index contributed by atoms with van der Waals surface area (Å²) in [5.74, 6) is 0.803. The number of likely N-dealkylation sites (tertiary alicyclic amines) is 1. The maximum Gasteiger partial charge on any atom is 0.134 e. The Labute approximate surface area is 113 Å². The quantitative estimate of drug-likeness (QED) is 0.765. The van der Waals surface area contributed by atoms with Crippen LogP contribution in [0, 0.1) is 5.92 Å². The molecule has 1 aromatic heterocycles. The van der Waals surface area contributed by atoms with E-state index in [0.29, 0.717) is 5.15 Å². The second kappa shape index (κ2) is 4.87. The number of para-hydroxylation sites is 1. The second-order valence-corrected chi connectivity index (χ2v) is 5.62. The Balaban J connectivity index is 1.89. The number of benzene rings is 1. The van der Waals surface area contributed by atoms with Gasteiger partial charge in [0.2, 0.25) is 0 Å². The summed E-state index contributed by atoms with van der Waals surface area (Å²) in [5, 5.41) is 1.82. The molecule has 0 radical (unpaired) electrons. The lowest BCUT2D eigenvalue weighted by atomic mass is 10.1.